The van der Waals surface area contributed by atoms with Gasteiger partial charge in [0.25, 0.3) is 0 Å². The van der Waals surface area contributed by atoms with E-state index in [9.17, 15) is 43.2 Å². The van der Waals surface area contributed by atoms with Crippen molar-refractivity contribution in [3.05, 3.63) is 0 Å². The summed E-state index contributed by atoms with van der Waals surface area (Å²) in [6.07, 6.45) is -22.7. The van der Waals surface area contributed by atoms with Crippen molar-refractivity contribution in [1.29, 1.82) is 0 Å². The number of rotatable bonds is 18. The lowest BCUT2D eigenvalue weighted by atomic mass is 9.93. The first kappa shape index (κ1) is 54.6. The Bertz CT molecular complexity index is 1760. The lowest BCUT2D eigenvalue weighted by Gasteiger charge is -2.50. The third kappa shape index (κ3) is 16.3. The zero-order chi connectivity index (χ0) is 49.7. The molecule has 4 rings (SSSR count). The zero-order valence-corrected chi connectivity index (χ0v) is 38.9. The van der Waals surface area contributed by atoms with Crippen LogP contribution in [0.5, 0.6) is 0 Å². The molecule has 0 aromatic heterocycles. The Morgan fingerprint density at radius 3 is 1.06 bits per heavy atom. The van der Waals surface area contributed by atoms with Crippen molar-refractivity contribution in [2.24, 2.45) is 0 Å². The molecule has 378 valence electrons. The normalized spacial score (nSPS) is 33.9. The fraction of sp³-hybridized carbons (Fsp3) is 0.786. The van der Waals surface area contributed by atoms with Crippen LogP contribution >= 0.6 is 0 Å². The topological polar surface area (TPSA) is 301 Å². The fourth-order valence-electron chi connectivity index (χ4n) is 7.84. The summed E-state index contributed by atoms with van der Waals surface area (Å²) in [6.45, 7) is 9.62. The van der Waals surface area contributed by atoms with Crippen molar-refractivity contribution < 1.29 is 119 Å². The third-order valence-corrected chi connectivity index (χ3v) is 10.2. The molecule has 4 aliphatic rings. The maximum absolute atomic E-state index is 13.0. The molecule has 4 heterocycles. The number of carbonyl (C=O) groups excluding carboxylic acids is 9. The van der Waals surface area contributed by atoms with Gasteiger partial charge in [0.15, 0.2) is 55.5 Å². The summed E-state index contributed by atoms with van der Waals surface area (Å²) in [5, 5.41) is 0. The molecular weight excluding hydrogens is 904 g/mol. The largest absolute Gasteiger partial charge is 0.463 e. The summed E-state index contributed by atoms with van der Waals surface area (Å²) in [5.74, 6) is -7.78. The monoisotopic (exact) mass is 964 g/mol. The average Bonchev–Trinajstić information content (AvgIpc) is 3.21. The van der Waals surface area contributed by atoms with E-state index in [0.717, 1.165) is 68.7 Å². The van der Waals surface area contributed by atoms with Gasteiger partial charge in [0.1, 0.15) is 56.4 Å². The highest BCUT2D eigenvalue weighted by atomic mass is 16.8. The minimum absolute atomic E-state index is 0.332. The van der Waals surface area contributed by atoms with Crippen molar-refractivity contribution >= 4 is 53.7 Å². The summed E-state index contributed by atoms with van der Waals surface area (Å²) in [7, 11) is 0. The van der Waals surface area contributed by atoms with E-state index in [1.807, 2.05) is 0 Å². The van der Waals surface area contributed by atoms with Crippen LogP contribution < -0.4 is 0 Å². The molecule has 0 radical (unpaired) electrons. The van der Waals surface area contributed by atoms with E-state index < -0.39 is 172 Å². The van der Waals surface area contributed by atoms with E-state index in [1.54, 1.807) is 0 Å². The van der Waals surface area contributed by atoms with Gasteiger partial charge in [-0.15, -0.1) is 0 Å². The second-order valence-electron chi connectivity index (χ2n) is 15.9. The van der Waals surface area contributed by atoms with E-state index in [4.69, 9.17) is 75.8 Å². The minimum Gasteiger partial charge on any atom is -0.463 e. The van der Waals surface area contributed by atoms with Crippen LogP contribution in [0.1, 0.15) is 88.5 Å². The number of ether oxygens (including phenoxy) is 16. The molecule has 16 atom stereocenters. The summed E-state index contributed by atoms with van der Waals surface area (Å²) in [5.41, 5.74) is 0. The summed E-state index contributed by atoms with van der Waals surface area (Å²) in [6, 6.07) is 0. The molecule has 0 saturated carbocycles. The van der Waals surface area contributed by atoms with Gasteiger partial charge in [-0.3, -0.25) is 43.2 Å². The maximum Gasteiger partial charge on any atom is 0.303 e. The molecule has 25 nitrogen and oxygen atoms in total. The van der Waals surface area contributed by atoms with Gasteiger partial charge >= 0.3 is 53.7 Å². The summed E-state index contributed by atoms with van der Waals surface area (Å²) >= 11 is 0. The molecule has 16 unspecified atom stereocenters. The van der Waals surface area contributed by atoms with Gasteiger partial charge < -0.3 is 75.8 Å². The highest BCUT2D eigenvalue weighted by Crippen LogP contribution is 2.38. The molecule has 67 heavy (non-hydrogen) atoms. The van der Waals surface area contributed by atoms with Crippen molar-refractivity contribution in [2.75, 3.05) is 26.4 Å². The third-order valence-electron chi connectivity index (χ3n) is 10.2. The van der Waals surface area contributed by atoms with Crippen LogP contribution in [0, 0.1) is 0 Å². The van der Waals surface area contributed by atoms with E-state index in [1.165, 1.54) is 6.92 Å². The highest BCUT2D eigenvalue weighted by Gasteiger charge is 2.59. The van der Waals surface area contributed by atoms with Gasteiger partial charge in [-0.1, -0.05) is 0 Å². The van der Waals surface area contributed by atoms with Crippen LogP contribution in [-0.2, 0) is 119 Å². The molecular formula is C42H60O25. The van der Waals surface area contributed by atoms with Crippen LogP contribution in [0.2, 0.25) is 0 Å². The second-order valence-corrected chi connectivity index (χ2v) is 15.9. The standard InChI is InChI=1S/C42H60O25/c1-18-32(57-22(5)46)36(58-23(6)47)34(28(56-18)15-53-19(2)43)66-42-40(62-27(10)51)38(60-25(8)49)35(30(64-42)17-55-21(4)45)67-41-39(61-26(9)50)37(59-24(7)48)33(29(63-41)16-54-20(3)44)65-31-13-11-12-14-52-31/h18,28-42H,11-17H2,1-10H3. The number of esters is 9. The summed E-state index contributed by atoms with van der Waals surface area (Å²) in [4.78, 5) is 113. The lowest BCUT2D eigenvalue weighted by Crippen LogP contribution is -2.68. The van der Waals surface area contributed by atoms with Crippen molar-refractivity contribution in [3.63, 3.8) is 0 Å². The van der Waals surface area contributed by atoms with Crippen LogP contribution in [-0.4, -0.2) is 178 Å². The minimum atomic E-state index is -1.91. The molecule has 4 fully saturated rings. The predicted molar refractivity (Wildman–Crippen MR) is 213 cm³/mol. The molecule has 0 aromatic rings. The number of hydrogen-bond donors (Lipinski definition) is 0. The maximum atomic E-state index is 13.0. The van der Waals surface area contributed by atoms with E-state index >= 15 is 0 Å². The molecule has 0 spiro atoms. The smallest absolute Gasteiger partial charge is 0.303 e. The zero-order valence-electron chi connectivity index (χ0n) is 38.9. The summed E-state index contributed by atoms with van der Waals surface area (Å²) < 4.78 is 93.7. The van der Waals surface area contributed by atoms with E-state index in [-0.39, 0.29) is 0 Å². The number of carbonyl (C=O) groups is 9. The average molecular weight is 965 g/mol. The Morgan fingerprint density at radius 1 is 0.388 bits per heavy atom. The fourth-order valence-corrected chi connectivity index (χ4v) is 7.84. The van der Waals surface area contributed by atoms with Gasteiger partial charge in [-0.2, -0.15) is 0 Å². The van der Waals surface area contributed by atoms with Gasteiger partial charge in [0, 0.05) is 68.9 Å². The molecule has 0 bridgehead atoms. The Kier molecular flexibility index (Phi) is 20.6. The Morgan fingerprint density at radius 2 is 0.716 bits per heavy atom. The highest BCUT2D eigenvalue weighted by molar-refractivity contribution is 5.69. The Labute approximate surface area is 385 Å². The van der Waals surface area contributed by atoms with E-state index in [0.29, 0.717) is 19.4 Å². The lowest BCUT2D eigenvalue weighted by molar-refractivity contribution is -0.378. The van der Waals surface area contributed by atoms with Crippen molar-refractivity contribution in [2.45, 2.75) is 187 Å². The second kappa shape index (κ2) is 25.4. The Hall–Kier alpha value is -5.05. The van der Waals surface area contributed by atoms with Gasteiger partial charge in [-0.25, -0.2) is 0 Å². The molecule has 4 saturated heterocycles. The molecule has 0 amide bonds. The molecule has 4 aliphatic heterocycles. The van der Waals surface area contributed by atoms with Crippen LogP contribution in [0.3, 0.4) is 0 Å². The molecule has 0 N–H and O–H groups in total. The predicted octanol–water partition coefficient (Wildman–Crippen LogP) is 0.185. The van der Waals surface area contributed by atoms with Crippen LogP contribution in [0.15, 0.2) is 0 Å². The van der Waals surface area contributed by atoms with E-state index in [2.05, 4.69) is 0 Å². The SMILES string of the molecule is CC(=O)OCC1OC(C)C(OC(C)=O)C(OC(C)=O)C1OC1OC(COC(C)=O)C(OC2OC(COC(C)=O)C(OC3CCCCO3)C(OC(C)=O)C2OC(C)=O)C(OC(C)=O)C1OC(C)=O. The first-order valence-corrected chi connectivity index (χ1v) is 21.5. The van der Waals surface area contributed by atoms with Gasteiger partial charge in [-0.05, 0) is 26.2 Å². The Balaban J connectivity index is 1.88. The van der Waals surface area contributed by atoms with Gasteiger partial charge in [0.2, 0.25) is 0 Å². The quantitative estimate of drug-likeness (QED) is 0.131. The molecule has 0 aromatic carbocycles. The molecule has 25 heteroatoms. The van der Waals surface area contributed by atoms with Gasteiger partial charge in [0.05, 0.1) is 6.10 Å². The molecule has 0 aliphatic carbocycles. The van der Waals surface area contributed by atoms with Crippen LogP contribution in [0.25, 0.3) is 0 Å². The number of hydrogen-bond acceptors (Lipinski definition) is 25. The first-order chi connectivity index (χ1) is 31.5. The van der Waals surface area contributed by atoms with Crippen molar-refractivity contribution in [3.8, 4) is 0 Å². The van der Waals surface area contributed by atoms with Crippen LogP contribution in [0.4, 0.5) is 0 Å². The first-order valence-electron chi connectivity index (χ1n) is 21.5. The van der Waals surface area contributed by atoms with Crippen molar-refractivity contribution in [1.82, 2.24) is 0 Å².